The summed E-state index contributed by atoms with van der Waals surface area (Å²) in [6.45, 7) is -0.401. The third-order valence-corrected chi connectivity index (χ3v) is 4.13. The minimum atomic E-state index is -0.764. The highest BCUT2D eigenvalue weighted by atomic mass is 79.9. The van der Waals surface area contributed by atoms with E-state index in [2.05, 4.69) is 15.9 Å². The van der Waals surface area contributed by atoms with Crippen LogP contribution in [0.25, 0.3) is 0 Å². The highest BCUT2D eigenvalue weighted by Crippen LogP contribution is 2.24. The number of hydrogen-bond donors (Lipinski definition) is 1. The van der Waals surface area contributed by atoms with Crippen molar-refractivity contribution in [1.82, 2.24) is 0 Å². The number of ketones is 1. The normalized spacial score (nSPS) is 10.3. The van der Waals surface area contributed by atoms with Gasteiger partial charge in [0.05, 0.1) is 9.21 Å². The van der Waals surface area contributed by atoms with Crippen molar-refractivity contribution < 1.29 is 19.4 Å². The number of phenols is 1. The molecule has 0 amide bonds. The molecule has 0 atom stereocenters. The molecular formula is C13H8BrClO4S. The molecule has 0 unspecified atom stereocenters. The monoisotopic (exact) mass is 374 g/mol. The first-order valence-corrected chi connectivity index (χ1v) is 7.40. The highest BCUT2D eigenvalue weighted by molar-refractivity contribution is 9.10. The fourth-order valence-corrected chi connectivity index (χ4v) is 2.74. The number of aromatic hydroxyl groups is 1. The van der Waals surface area contributed by atoms with Gasteiger partial charge in [0.15, 0.2) is 6.61 Å². The van der Waals surface area contributed by atoms with Gasteiger partial charge in [-0.25, -0.2) is 4.79 Å². The van der Waals surface area contributed by atoms with Crippen LogP contribution < -0.4 is 0 Å². The minimum Gasteiger partial charge on any atom is -0.507 e. The van der Waals surface area contributed by atoms with Gasteiger partial charge >= 0.3 is 5.97 Å². The van der Waals surface area contributed by atoms with E-state index in [1.807, 2.05) is 0 Å². The fourth-order valence-electron chi connectivity index (χ4n) is 1.42. The maximum absolute atomic E-state index is 11.8. The zero-order valence-corrected chi connectivity index (χ0v) is 13.1. The van der Waals surface area contributed by atoms with E-state index >= 15 is 0 Å². The number of rotatable bonds is 4. The Bertz CT molecular complexity index is 668. The summed E-state index contributed by atoms with van der Waals surface area (Å²) in [6, 6.07) is 7.54. The van der Waals surface area contributed by atoms with E-state index in [9.17, 15) is 14.7 Å². The van der Waals surface area contributed by atoms with Crippen molar-refractivity contribution in [3.05, 3.63) is 49.6 Å². The average molecular weight is 376 g/mol. The van der Waals surface area contributed by atoms with Gasteiger partial charge in [-0.1, -0.05) is 27.5 Å². The summed E-state index contributed by atoms with van der Waals surface area (Å²) in [4.78, 5) is 23.9. The summed E-state index contributed by atoms with van der Waals surface area (Å²) in [5, 5.41) is 9.57. The van der Waals surface area contributed by atoms with Gasteiger partial charge in [-0.2, -0.15) is 0 Å². The van der Waals surface area contributed by atoms with E-state index in [1.54, 1.807) is 18.2 Å². The Morgan fingerprint density at radius 3 is 2.70 bits per heavy atom. The summed E-state index contributed by atoms with van der Waals surface area (Å²) in [6.07, 6.45) is 0. The van der Waals surface area contributed by atoms with Crippen LogP contribution in [-0.2, 0) is 4.74 Å². The molecule has 0 aliphatic carbocycles. The number of halogens is 2. The van der Waals surface area contributed by atoms with Crippen molar-refractivity contribution in [2.45, 2.75) is 0 Å². The number of thiophene rings is 1. The van der Waals surface area contributed by atoms with Crippen LogP contribution in [0.4, 0.5) is 0 Å². The molecule has 2 aromatic rings. The first-order chi connectivity index (χ1) is 9.47. The van der Waals surface area contributed by atoms with E-state index in [-0.39, 0.29) is 17.1 Å². The number of benzene rings is 1. The van der Waals surface area contributed by atoms with Gasteiger partial charge in [0.1, 0.15) is 11.3 Å². The lowest BCUT2D eigenvalue weighted by molar-refractivity contribution is 0.0473. The minimum absolute atomic E-state index is 0.00335. The molecule has 0 aliphatic heterocycles. The average Bonchev–Trinajstić information content (AvgIpc) is 2.85. The zero-order chi connectivity index (χ0) is 14.7. The molecule has 0 bridgehead atoms. The first kappa shape index (κ1) is 15.0. The van der Waals surface area contributed by atoms with Gasteiger partial charge in [-0.3, -0.25) is 4.79 Å². The van der Waals surface area contributed by atoms with E-state index in [0.717, 1.165) is 11.3 Å². The molecule has 1 N–H and O–H groups in total. The first-order valence-electron chi connectivity index (χ1n) is 5.41. The van der Waals surface area contributed by atoms with Gasteiger partial charge in [0.2, 0.25) is 5.78 Å². The molecule has 0 fully saturated rings. The molecule has 0 saturated heterocycles. The van der Waals surface area contributed by atoms with Gasteiger partial charge in [0.25, 0.3) is 0 Å². The molecule has 0 saturated carbocycles. The second-order valence-electron chi connectivity index (χ2n) is 3.76. The maximum Gasteiger partial charge on any atom is 0.342 e. The van der Waals surface area contributed by atoms with Crippen molar-refractivity contribution in [1.29, 1.82) is 0 Å². The summed E-state index contributed by atoms with van der Waals surface area (Å²) in [7, 11) is 0. The number of Topliss-reactive ketones (excluding diaryl/α,β-unsaturated/α-hetero) is 1. The van der Waals surface area contributed by atoms with E-state index in [4.69, 9.17) is 16.3 Å². The van der Waals surface area contributed by atoms with Crippen LogP contribution in [-0.4, -0.2) is 23.5 Å². The summed E-state index contributed by atoms with van der Waals surface area (Å²) in [5.74, 6) is -1.31. The van der Waals surface area contributed by atoms with Gasteiger partial charge in [-0.05, 0) is 30.3 Å². The Balaban J connectivity index is 2.02. The number of ether oxygens (including phenoxy) is 1. The Morgan fingerprint density at radius 1 is 1.30 bits per heavy atom. The van der Waals surface area contributed by atoms with Crippen LogP contribution in [0, 0.1) is 0 Å². The molecule has 1 aromatic heterocycles. The van der Waals surface area contributed by atoms with Crippen LogP contribution in [0.5, 0.6) is 5.75 Å². The summed E-state index contributed by atoms with van der Waals surface area (Å²) < 4.78 is 6.00. The molecular weight excluding hydrogens is 368 g/mol. The second kappa shape index (κ2) is 6.39. The molecule has 20 heavy (non-hydrogen) atoms. The Kier molecular flexibility index (Phi) is 4.80. The lowest BCUT2D eigenvalue weighted by atomic mass is 10.2. The molecule has 2 rings (SSSR count). The van der Waals surface area contributed by atoms with Crippen molar-refractivity contribution in [2.24, 2.45) is 0 Å². The molecule has 1 aromatic carbocycles. The maximum atomic E-state index is 11.8. The molecule has 4 nitrogen and oxygen atoms in total. The Labute approximate surface area is 132 Å². The molecule has 0 aliphatic rings. The van der Waals surface area contributed by atoms with E-state index in [1.165, 1.54) is 12.1 Å². The van der Waals surface area contributed by atoms with Crippen LogP contribution in [0.3, 0.4) is 0 Å². The summed E-state index contributed by atoms with van der Waals surface area (Å²) in [5.41, 5.74) is -0.00335. The fraction of sp³-hybridized carbons (Fsp3) is 0.0769. The topological polar surface area (TPSA) is 63.6 Å². The molecule has 1 heterocycles. The predicted molar refractivity (Wildman–Crippen MR) is 79.7 cm³/mol. The smallest absolute Gasteiger partial charge is 0.342 e. The second-order valence-corrected chi connectivity index (χ2v) is 6.40. The lowest BCUT2D eigenvalue weighted by Crippen LogP contribution is -2.13. The third kappa shape index (κ3) is 3.59. The third-order valence-electron chi connectivity index (χ3n) is 2.36. The number of hydrogen-bond acceptors (Lipinski definition) is 5. The lowest BCUT2D eigenvalue weighted by Gasteiger charge is -2.05. The Morgan fingerprint density at radius 2 is 2.05 bits per heavy atom. The zero-order valence-electron chi connectivity index (χ0n) is 9.93. The van der Waals surface area contributed by atoms with Crippen molar-refractivity contribution in [2.75, 3.05) is 6.61 Å². The van der Waals surface area contributed by atoms with Crippen LogP contribution >= 0.6 is 38.9 Å². The van der Waals surface area contributed by atoms with Gasteiger partial charge in [0, 0.05) is 4.47 Å². The summed E-state index contributed by atoms with van der Waals surface area (Å²) >= 11 is 10.0. The molecule has 0 spiro atoms. The number of phenolic OH excluding ortho intramolecular Hbond substituents is 1. The largest absolute Gasteiger partial charge is 0.507 e. The van der Waals surface area contributed by atoms with Crippen LogP contribution in [0.1, 0.15) is 20.0 Å². The predicted octanol–water partition coefficient (Wildman–Crippen LogP) is 3.91. The van der Waals surface area contributed by atoms with Crippen molar-refractivity contribution in [3.63, 3.8) is 0 Å². The quantitative estimate of drug-likeness (QED) is 0.650. The number of carbonyl (C=O) groups excluding carboxylic acids is 2. The van der Waals surface area contributed by atoms with Crippen molar-refractivity contribution in [3.8, 4) is 5.75 Å². The van der Waals surface area contributed by atoms with E-state index in [0.29, 0.717) is 13.7 Å². The molecule has 7 heteroatoms. The van der Waals surface area contributed by atoms with Crippen LogP contribution in [0.2, 0.25) is 4.34 Å². The van der Waals surface area contributed by atoms with Crippen molar-refractivity contribution >= 4 is 50.6 Å². The molecule has 104 valence electrons. The molecule has 0 radical (unpaired) electrons. The SMILES string of the molecule is O=C(COC(=O)c1cc(Br)ccc1O)c1ccc(Cl)s1. The standard InChI is InChI=1S/C13H8BrClO4S/c14-7-1-2-9(16)8(5-7)13(18)19-6-10(17)11-3-4-12(15)20-11/h1-5,16H,6H2. The van der Waals surface area contributed by atoms with Gasteiger partial charge < -0.3 is 9.84 Å². The Hall–Kier alpha value is -1.37. The van der Waals surface area contributed by atoms with E-state index < -0.39 is 12.6 Å². The number of esters is 1. The van der Waals surface area contributed by atoms with Crippen LogP contribution in [0.15, 0.2) is 34.8 Å². The highest BCUT2D eigenvalue weighted by Gasteiger charge is 2.16. The number of carbonyl (C=O) groups is 2. The van der Waals surface area contributed by atoms with Gasteiger partial charge in [-0.15, -0.1) is 11.3 Å².